The molecule has 0 atom stereocenters. The maximum Gasteiger partial charge on any atom is 2.00 e. The molecule has 0 unspecified atom stereocenters. The van der Waals surface area contributed by atoms with Crippen LogP contribution in [0.2, 0.25) is 0 Å². The largest absolute Gasteiger partial charge is 2.00 e. The molecule has 0 aliphatic rings. The minimum absolute atomic E-state index is 0. The average Bonchev–Trinajstić information content (AvgIpc) is 2.89. The zero-order chi connectivity index (χ0) is 23.3. The Hall–Kier alpha value is -4.53. The summed E-state index contributed by atoms with van der Waals surface area (Å²) in [6.45, 7) is 0. The smallest absolute Gasteiger partial charge is 0.872 e. The molecule has 0 saturated carbocycles. The second-order valence-corrected chi connectivity index (χ2v) is 7.91. The third-order valence-electron chi connectivity index (χ3n) is 5.67. The maximum absolute atomic E-state index is 11.7. The molecule has 0 saturated heterocycles. The summed E-state index contributed by atoms with van der Waals surface area (Å²) in [6.07, 6.45) is 0. The van der Waals surface area contributed by atoms with Gasteiger partial charge < -0.3 is 10.2 Å². The molecule has 0 aliphatic carbocycles. The molecule has 4 nitrogen and oxygen atoms in total. The molecule has 6 rings (SSSR count). The van der Waals surface area contributed by atoms with Gasteiger partial charge in [0.15, 0.2) is 0 Å². The Bertz CT molecular complexity index is 1480. The summed E-state index contributed by atoms with van der Waals surface area (Å²) < 4.78 is 0. The van der Waals surface area contributed by atoms with E-state index in [9.17, 15) is 10.2 Å². The zero-order valence-electron chi connectivity index (χ0n) is 19.1. The first-order valence-corrected chi connectivity index (χ1v) is 11.0. The number of fused-ring (bicyclic) bond motifs is 2. The van der Waals surface area contributed by atoms with Crippen LogP contribution in [0.4, 0.5) is 0 Å². The third-order valence-corrected chi connectivity index (χ3v) is 5.67. The summed E-state index contributed by atoms with van der Waals surface area (Å²) in [6, 6.07) is 38.1. The molecule has 0 radical (unpaired) electrons. The number of hydrogen-bond donors (Lipinski definition) is 0. The second kappa shape index (κ2) is 10.6. The molecular weight excluding hydrogens is 429 g/mol. The molecule has 5 heteroatoms. The van der Waals surface area contributed by atoms with Crippen LogP contribution in [0.5, 0.6) is 11.5 Å². The third kappa shape index (κ3) is 5.19. The molecule has 2 aromatic heterocycles. The Kier molecular flexibility index (Phi) is 7.15. The molecule has 0 fully saturated rings. The average molecular weight is 452 g/mol. The topological polar surface area (TPSA) is 74.4 Å². The number of rotatable bonds is 2. The van der Waals surface area contributed by atoms with E-state index in [0.717, 1.165) is 33.2 Å². The minimum Gasteiger partial charge on any atom is -0.872 e. The van der Waals surface area contributed by atoms with Crippen molar-refractivity contribution in [2.75, 3.05) is 0 Å². The van der Waals surface area contributed by atoms with Crippen LogP contribution in [-0.2, 0) is 0 Å². The molecule has 164 valence electrons. The van der Waals surface area contributed by atoms with E-state index >= 15 is 0 Å². The van der Waals surface area contributed by atoms with Crippen molar-refractivity contribution in [2.24, 2.45) is 0 Å². The molecule has 2 heterocycles. The quantitative estimate of drug-likeness (QED) is 0.366. The van der Waals surface area contributed by atoms with E-state index in [4.69, 9.17) is 0 Å². The first kappa shape index (κ1) is 23.6. The fourth-order valence-corrected chi connectivity index (χ4v) is 3.92. The van der Waals surface area contributed by atoms with Crippen LogP contribution >= 0.6 is 0 Å². The van der Waals surface area contributed by atoms with Crippen molar-refractivity contribution >= 4 is 31.9 Å². The van der Waals surface area contributed by atoms with E-state index in [1.54, 1.807) is 24.3 Å². The van der Waals surface area contributed by atoms with Gasteiger partial charge in [-0.15, -0.1) is 0 Å². The fourth-order valence-electron chi connectivity index (χ4n) is 3.92. The van der Waals surface area contributed by atoms with Gasteiger partial charge in [0.1, 0.15) is 0 Å². The molecular formula is C30H22BeN2O2+2. The van der Waals surface area contributed by atoms with Gasteiger partial charge in [0, 0.05) is 46.2 Å². The monoisotopic (exact) mass is 451 g/mol. The summed E-state index contributed by atoms with van der Waals surface area (Å²) in [5.74, 6) is 0.0815. The van der Waals surface area contributed by atoms with Crippen molar-refractivity contribution in [3.8, 4) is 34.0 Å². The van der Waals surface area contributed by atoms with Crippen molar-refractivity contribution in [1.29, 1.82) is 0 Å². The Morgan fingerprint density at radius 1 is 0.400 bits per heavy atom. The van der Waals surface area contributed by atoms with Gasteiger partial charge in [0.2, 0.25) is 22.4 Å². The SMILES string of the molecule is [Be+2].[O-]c1ccccc1-c1ccc2ccccc2[nH+]1.[O-]c1ccccc1-c1ccc2ccccc2[nH+]1. The molecule has 4 aromatic carbocycles. The van der Waals surface area contributed by atoms with Gasteiger partial charge in [-0.2, -0.15) is 0 Å². The van der Waals surface area contributed by atoms with Gasteiger partial charge in [-0.3, -0.25) is 0 Å². The zero-order valence-corrected chi connectivity index (χ0v) is 19.1. The Labute approximate surface area is 207 Å². The summed E-state index contributed by atoms with van der Waals surface area (Å²) in [7, 11) is 0. The number of aromatic amines is 2. The van der Waals surface area contributed by atoms with Gasteiger partial charge in [0.25, 0.3) is 0 Å². The van der Waals surface area contributed by atoms with Crippen LogP contribution in [0, 0.1) is 0 Å². The van der Waals surface area contributed by atoms with Crippen LogP contribution in [0.25, 0.3) is 44.3 Å². The number of nitrogens with one attached hydrogen (secondary N) is 2. The van der Waals surface area contributed by atoms with Crippen molar-refractivity contribution in [3.63, 3.8) is 0 Å². The van der Waals surface area contributed by atoms with E-state index in [-0.39, 0.29) is 21.6 Å². The van der Waals surface area contributed by atoms with Gasteiger partial charge in [-0.05, 0) is 36.4 Å². The number of para-hydroxylation sites is 4. The van der Waals surface area contributed by atoms with Crippen LogP contribution in [0.15, 0.2) is 121 Å². The Balaban J connectivity index is 0.000000160. The normalized spacial score (nSPS) is 10.3. The molecule has 6 aromatic rings. The number of hydrogen-bond acceptors (Lipinski definition) is 2. The van der Waals surface area contributed by atoms with Crippen molar-refractivity contribution in [2.45, 2.75) is 0 Å². The van der Waals surface area contributed by atoms with E-state index < -0.39 is 0 Å². The van der Waals surface area contributed by atoms with Crippen molar-refractivity contribution < 1.29 is 20.2 Å². The molecule has 2 N–H and O–H groups in total. The standard InChI is InChI=1S/2C15H11NO.Be/c2*17-15-8-4-2-6-12(15)14-10-9-11-5-1-3-7-13(11)16-14;/h2*1-10,17H;/q;;+2. The van der Waals surface area contributed by atoms with E-state index in [2.05, 4.69) is 9.97 Å². The molecule has 0 bridgehead atoms. The van der Waals surface area contributed by atoms with Crippen molar-refractivity contribution in [1.82, 2.24) is 0 Å². The predicted molar refractivity (Wildman–Crippen MR) is 137 cm³/mol. The molecule has 0 spiro atoms. The minimum atomic E-state index is 0. The summed E-state index contributed by atoms with van der Waals surface area (Å²) >= 11 is 0. The number of aromatic nitrogens is 2. The summed E-state index contributed by atoms with van der Waals surface area (Å²) in [5, 5.41) is 25.7. The summed E-state index contributed by atoms with van der Waals surface area (Å²) in [4.78, 5) is 6.57. The molecule has 35 heavy (non-hydrogen) atoms. The number of benzene rings is 4. The fraction of sp³-hybridized carbons (Fsp3) is 0. The van der Waals surface area contributed by atoms with Crippen LogP contribution in [0.3, 0.4) is 0 Å². The van der Waals surface area contributed by atoms with Gasteiger partial charge in [0.05, 0.1) is 0 Å². The first-order valence-electron chi connectivity index (χ1n) is 11.0. The Morgan fingerprint density at radius 2 is 0.771 bits per heavy atom. The van der Waals surface area contributed by atoms with Gasteiger partial charge in [-0.25, -0.2) is 9.97 Å². The Morgan fingerprint density at radius 3 is 1.20 bits per heavy atom. The first-order chi connectivity index (χ1) is 16.7. The van der Waals surface area contributed by atoms with E-state index in [0.29, 0.717) is 11.1 Å². The molecule has 0 aliphatic heterocycles. The van der Waals surface area contributed by atoms with E-state index in [1.807, 2.05) is 97.1 Å². The molecule has 0 amide bonds. The van der Waals surface area contributed by atoms with Crippen LogP contribution < -0.4 is 20.2 Å². The van der Waals surface area contributed by atoms with Crippen LogP contribution in [0.1, 0.15) is 0 Å². The maximum atomic E-state index is 11.7. The van der Waals surface area contributed by atoms with Crippen LogP contribution in [-0.4, -0.2) is 10.1 Å². The summed E-state index contributed by atoms with van der Waals surface area (Å²) in [5.41, 5.74) is 5.20. The number of pyridine rings is 2. The van der Waals surface area contributed by atoms with E-state index in [1.165, 1.54) is 0 Å². The van der Waals surface area contributed by atoms with Gasteiger partial charge in [-0.1, -0.05) is 72.2 Å². The number of H-pyrrole nitrogens is 2. The second-order valence-electron chi connectivity index (χ2n) is 7.91. The predicted octanol–water partition coefficient (Wildman–Crippen LogP) is 4.41. The van der Waals surface area contributed by atoms with Gasteiger partial charge >= 0.3 is 10.1 Å². The van der Waals surface area contributed by atoms with Crippen molar-refractivity contribution in [3.05, 3.63) is 121 Å².